The Kier molecular flexibility index (Phi) is 4.76. The first-order chi connectivity index (χ1) is 6.55. The van der Waals surface area contributed by atoms with Gasteiger partial charge < -0.3 is 5.11 Å². The van der Waals surface area contributed by atoms with E-state index in [1.54, 1.807) is 7.05 Å². The Hall–Kier alpha value is -0.130. The molecule has 1 N–H and O–H groups in total. The molecule has 0 rings (SSSR count). The SMILES string of the molecule is CC(N(C)S(=O)(=O)C(C)CO)C(C)(C)C. The molecular formula is C10H23NO3S. The number of aliphatic hydroxyl groups is 1. The molecule has 0 amide bonds. The summed E-state index contributed by atoms with van der Waals surface area (Å²) in [4.78, 5) is 0. The Bertz CT molecular complexity index is 292. The average molecular weight is 237 g/mol. The van der Waals surface area contributed by atoms with Crippen LogP contribution in [0.15, 0.2) is 0 Å². The highest BCUT2D eigenvalue weighted by Gasteiger charge is 2.34. The van der Waals surface area contributed by atoms with Gasteiger partial charge in [0.2, 0.25) is 10.0 Å². The predicted octanol–water partition coefficient (Wildman–Crippen LogP) is 1.06. The van der Waals surface area contributed by atoms with Gasteiger partial charge in [-0.05, 0) is 19.3 Å². The van der Waals surface area contributed by atoms with Crippen LogP contribution in [0.5, 0.6) is 0 Å². The first-order valence-electron chi connectivity index (χ1n) is 5.12. The van der Waals surface area contributed by atoms with E-state index in [0.717, 1.165) is 0 Å². The summed E-state index contributed by atoms with van der Waals surface area (Å²) in [6.07, 6.45) is 0. The number of sulfonamides is 1. The average Bonchev–Trinajstić information content (AvgIpc) is 2.12. The van der Waals surface area contributed by atoms with Crippen LogP contribution in [0, 0.1) is 5.41 Å². The quantitative estimate of drug-likeness (QED) is 0.795. The molecule has 0 fully saturated rings. The normalized spacial score (nSPS) is 17.9. The molecule has 0 radical (unpaired) electrons. The third-order valence-corrected chi connectivity index (χ3v) is 5.25. The van der Waals surface area contributed by atoms with Gasteiger partial charge in [-0.2, -0.15) is 0 Å². The fourth-order valence-electron chi connectivity index (χ4n) is 1.14. The van der Waals surface area contributed by atoms with Crippen molar-refractivity contribution >= 4 is 10.0 Å². The van der Waals surface area contributed by atoms with Crippen LogP contribution in [0.25, 0.3) is 0 Å². The highest BCUT2D eigenvalue weighted by molar-refractivity contribution is 7.89. The monoisotopic (exact) mass is 237 g/mol. The van der Waals surface area contributed by atoms with Crippen LogP contribution in [0.4, 0.5) is 0 Å². The molecule has 0 heterocycles. The lowest BCUT2D eigenvalue weighted by Crippen LogP contribution is -2.46. The van der Waals surface area contributed by atoms with E-state index in [-0.39, 0.29) is 18.1 Å². The first kappa shape index (κ1) is 14.9. The zero-order valence-electron chi connectivity index (χ0n) is 10.5. The smallest absolute Gasteiger partial charge is 0.218 e. The van der Waals surface area contributed by atoms with Gasteiger partial charge in [-0.1, -0.05) is 20.8 Å². The van der Waals surface area contributed by atoms with Gasteiger partial charge in [0.15, 0.2) is 0 Å². The van der Waals surface area contributed by atoms with Gasteiger partial charge in [-0.25, -0.2) is 12.7 Å². The lowest BCUT2D eigenvalue weighted by molar-refractivity contribution is 0.211. The second-order valence-corrected chi connectivity index (χ2v) is 7.51. The fraction of sp³-hybridized carbons (Fsp3) is 1.00. The molecule has 0 aromatic heterocycles. The standard InChI is InChI=1S/C10H23NO3S/c1-8(7-12)15(13,14)11(6)9(2)10(3,4)5/h8-9,12H,7H2,1-6H3. The summed E-state index contributed by atoms with van der Waals surface area (Å²) in [5.41, 5.74) is -0.114. The highest BCUT2D eigenvalue weighted by Crippen LogP contribution is 2.25. The lowest BCUT2D eigenvalue weighted by atomic mass is 9.88. The summed E-state index contributed by atoms with van der Waals surface area (Å²) >= 11 is 0. The van der Waals surface area contributed by atoms with Gasteiger partial charge >= 0.3 is 0 Å². The maximum absolute atomic E-state index is 11.9. The van der Waals surface area contributed by atoms with Gasteiger partial charge in [0.05, 0.1) is 11.9 Å². The van der Waals surface area contributed by atoms with Gasteiger partial charge in [0, 0.05) is 13.1 Å². The Morgan fingerprint density at radius 3 is 1.93 bits per heavy atom. The van der Waals surface area contributed by atoms with E-state index < -0.39 is 15.3 Å². The zero-order valence-corrected chi connectivity index (χ0v) is 11.3. The molecule has 92 valence electrons. The minimum absolute atomic E-state index is 0.100. The number of aliphatic hydroxyl groups excluding tert-OH is 1. The van der Waals surface area contributed by atoms with Crippen molar-refractivity contribution in [3.05, 3.63) is 0 Å². The first-order valence-corrected chi connectivity index (χ1v) is 6.63. The van der Waals surface area contributed by atoms with E-state index in [4.69, 9.17) is 5.11 Å². The molecule has 0 aromatic rings. The predicted molar refractivity (Wildman–Crippen MR) is 62.1 cm³/mol. The third-order valence-electron chi connectivity index (χ3n) is 2.97. The summed E-state index contributed by atoms with van der Waals surface area (Å²) in [5, 5.41) is 8.15. The number of nitrogens with zero attached hydrogens (tertiary/aromatic N) is 1. The molecule has 0 aliphatic rings. The van der Waals surface area contributed by atoms with Crippen molar-refractivity contribution in [1.29, 1.82) is 0 Å². The second-order valence-electron chi connectivity index (χ2n) is 5.10. The number of hydrogen-bond donors (Lipinski definition) is 1. The molecule has 0 saturated heterocycles. The van der Waals surface area contributed by atoms with Crippen LogP contribution >= 0.6 is 0 Å². The van der Waals surface area contributed by atoms with E-state index in [9.17, 15) is 8.42 Å². The van der Waals surface area contributed by atoms with E-state index >= 15 is 0 Å². The minimum atomic E-state index is -3.39. The Morgan fingerprint density at radius 2 is 1.67 bits per heavy atom. The summed E-state index contributed by atoms with van der Waals surface area (Å²) in [6.45, 7) is 9.03. The summed E-state index contributed by atoms with van der Waals surface area (Å²) < 4.78 is 25.2. The van der Waals surface area contributed by atoms with Crippen molar-refractivity contribution in [2.45, 2.75) is 45.9 Å². The fourth-order valence-corrected chi connectivity index (χ4v) is 2.66. The lowest BCUT2D eigenvalue weighted by Gasteiger charge is -2.35. The molecule has 0 bridgehead atoms. The van der Waals surface area contributed by atoms with Crippen LogP contribution in [-0.4, -0.2) is 42.8 Å². The van der Waals surface area contributed by atoms with Crippen LogP contribution < -0.4 is 0 Å². The zero-order chi connectivity index (χ0) is 12.4. The van der Waals surface area contributed by atoms with Crippen molar-refractivity contribution in [3.8, 4) is 0 Å². The maximum Gasteiger partial charge on any atom is 0.218 e. The van der Waals surface area contributed by atoms with E-state index in [1.807, 2.05) is 27.7 Å². The second kappa shape index (κ2) is 4.80. The van der Waals surface area contributed by atoms with Crippen LogP contribution in [0.1, 0.15) is 34.6 Å². The molecule has 0 aromatic carbocycles. The van der Waals surface area contributed by atoms with Crippen molar-refractivity contribution in [2.24, 2.45) is 5.41 Å². The molecule has 4 nitrogen and oxygen atoms in total. The highest BCUT2D eigenvalue weighted by atomic mass is 32.2. The van der Waals surface area contributed by atoms with Crippen molar-refractivity contribution in [3.63, 3.8) is 0 Å². The molecule has 15 heavy (non-hydrogen) atoms. The Labute approximate surface area is 93.3 Å². The van der Waals surface area contributed by atoms with Gasteiger partial charge in [-0.3, -0.25) is 0 Å². The summed E-state index contributed by atoms with van der Waals surface area (Å²) in [5.74, 6) is 0. The van der Waals surface area contributed by atoms with Crippen LogP contribution in [0.2, 0.25) is 0 Å². The molecule has 0 aliphatic heterocycles. The number of hydrogen-bond acceptors (Lipinski definition) is 3. The molecule has 0 aliphatic carbocycles. The van der Waals surface area contributed by atoms with Gasteiger partial charge in [0.25, 0.3) is 0 Å². The molecule has 2 atom stereocenters. The van der Waals surface area contributed by atoms with E-state index in [2.05, 4.69) is 0 Å². The van der Waals surface area contributed by atoms with Crippen molar-refractivity contribution in [1.82, 2.24) is 4.31 Å². The summed E-state index contributed by atoms with van der Waals surface area (Å²) in [6, 6.07) is -0.100. The third kappa shape index (κ3) is 3.43. The molecule has 5 heteroatoms. The van der Waals surface area contributed by atoms with E-state index in [0.29, 0.717) is 0 Å². The topological polar surface area (TPSA) is 57.6 Å². The van der Waals surface area contributed by atoms with Gasteiger partial charge in [0.1, 0.15) is 0 Å². The molecule has 0 saturated carbocycles. The van der Waals surface area contributed by atoms with Crippen molar-refractivity contribution in [2.75, 3.05) is 13.7 Å². The Morgan fingerprint density at radius 1 is 1.27 bits per heavy atom. The minimum Gasteiger partial charge on any atom is -0.395 e. The van der Waals surface area contributed by atoms with Gasteiger partial charge in [-0.15, -0.1) is 0 Å². The van der Waals surface area contributed by atoms with Crippen LogP contribution in [-0.2, 0) is 10.0 Å². The largest absolute Gasteiger partial charge is 0.395 e. The maximum atomic E-state index is 11.9. The molecule has 0 spiro atoms. The molecule has 2 unspecified atom stereocenters. The van der Waals surface area contributed by atoms with Crippen molar-refractivity contribution < 1.29 is 13.5 Å². The van der Waals surface area contributed by atoms with E-state index in [1.165, 1.54) is 11.2 Å². The molecular weight excluding hydrogens is 214 g/mol. The number of rotatable bonds is 4. The Balaban J connectivity index is 4.94. The summed E-state index contributed by atoms with van der Waals surface area (Å²) in [7, 11) is -1.82. The van der Waals surface area contributed by atoms with Crippen LogP contribution in [0.3, 0.4) is 0 Å².